The van der Waals surface area contributed by atoms with Crippen molar-refractivity contribution in [2.45, 2.75) is 31.7 Å². The molecule has 0 aliphatic carbocycles. The molecule has 8 heteroatoms. The summed E-state index contributed by atoms with van der Waals surface area (Å²) in [4.78, 5) is 37.7. The summed E-state index contributed by atoms with van der Waals surface area (Å²) in [5, 5.41) is 19.7. The van der Waals surface area contributed by atoms with Crippen LogP contribution in [0.15, 0.2) is 54.1 Å². The third-order valence-corrected chi connectivity index (χ3v) is 5.36. The van der Waals surface area contributed by atoms with Crippen LogP contribution in [0.2, 0.25) is 0 Å². The highest BCUT2D eigenvalue weighted by molar-refractivity contribution is 6.46. The molecular weight excluding hydrogens is 417 g/mol. The fourth-order valence-electron chi connectivity index (χ4n) is 3.77. The van der Waals surface area contributed by atoms with Crippen LogP contribution in [0, 0.1) is 5.82 Å². The summed E-state index contributed by atoms with van der Waals surface area (Å²) in [5.74, 6) is -2.85. The number of unbranched alkanes of at least 4 members (excludes halogenated alkanes) is 2. The number of Topliss-reactive ketones (excluding diaryl/α,β-unsaturated/α-hetero) is 1. The Morgan fingerprint density at radius 2 is 1.78 bits per heavy atom. The number of carbonyl (C=O) groups excluding carboxylic acids is 2. The number of hydrogen-bond donors (Lipinski definition) is 2. The molecule has 2 aromatic rings. The largest absolute Gasteiger partial charge is 0.507 e. The number of nitrogens with zero attached hydrogens (tertiary/aromatic N) is 1. The van der Waals surface area contributed by atoms with E-state index in [1.54, 1.807) is 30.3 Å². The van der Waals surface area contributed by atoms with Gasteiger partial charge in [-0.05, 0) is 54.8 Å². The van der Waals surface area contributed by atoms with Crippen LogP contribution in [0.1, 0.15) is 42.9 Å². The first-order chi connectivity index (χ1) is 15.3. The number of carbonyl (C=O) groups is 3. The number of likely N-dealkylation sites (tertiary alicyclic amines) is 1. The maximum Gasteiger partial charge on any atom is 0.303 e. The van der Waals surface area contributed by atoms with E-state index in [1.807, 2.05) is 0 Å². The second-order valence-corrected chi connectivity index (χ2v) is 7.48. The van der Waals surface area contributed by atoms with Crippen molar-refractivity contribution in [2.24, 2.45) is 0 Å². The molecule has 7 nitrogen and oxygen atoms in total. The Bertz CT molecular complexity index is 1050. The molecule has 32 heavy (non-hydrogen) atoms. The van der Waals surface area contributed by atoms with Crippen LogP contribution in [0.4, 0.5) is 4.39 Å². The number of amides is 1. The van der Waals surface area contributed by atoms with Gasteiger partial charge < -0.3 is 19.8 Å². The average molecular weight is 441 g/mol. The van der Waals surface area contributed by atoms with Crippen LogP contribution in [0.25, 0.3) is 5.76 Å². The molecule has 0 radical (unpaired) electrons. The summed E-state index contributed by atoms with van der Waals surface area (Å²) in [5.41, 5.74) is 0.577. The maximum atomic E-state index is 14.0. The number of aliphatic carboxylic acids is 1. The number of methoxy groups -OCH3 is 1. The minimum atomic E-state index is -0.952. The van der Waals surface area contributed by atoms with Gasteiger partial charge >= 0.3 is 5.97 Å². The van der Waals surface area contributed by atoms with Crippen LogP contribution < -0.4 is 4.74 Å². The third-order valence-electron chi connectivity index (χ3n) is 5.36. The Labute approximate surface area is 184 Å². The van der Waals surface area contributed by atoms with Crippen molar-refractivity contribution >= 4 is 23.4 Å². The lowest BCUT2D eigenvalue weighted by atomic mass is 9.95. The summed E-state index contributed by atoms with van der Waals surface area (Å²) in [6, 6.07) is 11.0. The Balaban J connectivity index is 1.97. The van der Waals surface area contributed by atoms with Gasteiger partial charge in [0.25, 0.3) is 11.7 Å². The lowest BCUT2D eigenvalue weighted by Crippen LogP contribution is -2.30. The van der Waals surface area contributed by atoms with Gasteiger partial charge in [-0.1, -0.05) is 18.6 Å². The molecule has 0 saturated carbocycles. The highest BCUT2D eigenvalue weighted by Crippen LogP contribution is 2.39. The number of ketones is 1. The van der Waals surface area contributed by atoms with E-state index in [4.69, 9.17) is 9.84 Å². The Morgan fingerprint density at radius 1 is 1.06 bits per heavy atom. The van der Waals surface area contributed by atoms with Crippen LogP contribution >= 0.6 is 0 Å². The first-order valence-electron chi connectivity index (χ1n) is 10.2. The average Bonchev–Trinajstić information content (AvgIpc) is 3.03. The third kappa shape index (κ3) is 4.96. The highest BCUT2D eigenvalue weighted by atomic mass is 19.1. The highest BCUT2D eigenvalue weighted by Gasteiger charge is 2.45. The van der Waals surface area contributed by atoms with Crippen molar-refractivity contribution in [1.29, 1.82) is 0 Å². The maximum absolute atomic E-state index is 14.0. The number of aliphatic hydroxyl groups excluding tert-OH is 1. The van der Waals surface area contributed by atoms with Gasteiger partial charge in [0.1, 0.15) is 17.3 Å². The van der Waals surface area contributed by atoms with Crippen LogP contribution in [0.3, 0.4) is 0 Å². The molecule has 1 aliphatic rings. The molecule has 1 atom stereocenters. The number of benzene rings is 2. The Hall–Kier alpha value is -3.68. The lowest BCUT2D eigenvalue weighted by molar-refractivity contribution is -0.140. The molecule has 1 heterocycles. The van der Waals surface area contributed by atoms with Gasteiger partial charge in [-0.25, -0.2) is 4.39 Å². The molecule has 1 amide bonds. The molecule has 1 aliphatic heterocycles. The predicted molar refractivity (Wildman–Crippen MR) is 115 cm³/mol. The second-order valence-electron chi connectivity index (χ2n) is 7.48. The summed E-state index contributed by atoms with van der Waals surface area (Å²) in [6.07, 6.45) is 1.47. The van der Waals surface area contributed by atoms with Gasteiger partial charge in [-0.3, -0.25) is 14.4 Å². The topological polar surface area (TPSA) is 104 Å². The molecule has 0 spiro atoms. The van der Waals surface area contributed by atoms with E-state index in [0.29, 0.717) is 36.1 Å². The molecule has 1 fully saturated rings. The van der Waals surface area contributed by atoms with E-state index in [2.05, 4.69) is 0 Å². The number of rotatable bonds is 9. The predicted octanol–water partition coefficient (Wildman–Crippen LogP) is 3.90. The van der Waals surface area contributed by atoms with Crippen LogP contribution in [-0.4, -0.2) is 46.4 Å². The van der Waals surface area contributed by atoms with E-state index < -0.39 is 29.5 Å². The Morgan fingerprint density at radius 3 is 2.41 bits per heavy atom. The summed E-state index contributed by atoms with van der Waals surface area (Å²) in [7, 11) is 1.50. The number of carboxylic acid groups (broad SMARTS) is 1. The Kier molecular flexibility index (Phi) is 7.25. The smallest absolute Gasteiger partial charge is 0.303 e. The van der Waals surface area contributed by atoms with Gasteiger partial charge in [0.2, 0.25) is 0 Å². The van der Waals surface area contributed by atoms with Gasteiger partial charge in [0.15, 0.2) is 0 Å². The van der Waals surface area contributed by atoms with Crippen LogP contribution in [0.5, 0.6) is 5.75 Å². The zero-order chi connectivity index (χ0) is 23.3. The lowest BCUT2D eigenvalue weighted by Gasteiger charge is -2.25. The van der Waals surface area contributed by atoms with E-state index in [1.165, 1.54) is 30.2 Å². The number of halogens is 1. The molecule has 168 valence electrons. The van der Waals surface area contributed by atoms with E-state index >= 15 is 0 Å². The molecule has 3 rings (SSSR count). The van der Waals surface area contributed by atoms with Crippen molar-refractivity contribution in [1.82, 2.24) is 4.90 Å². The van der Waals surface area contributed by atoms with Gasteiger partial charge in [-0.2, -0.15) is 0 Å². The molecule has 0 aromatic heterocycles. The summed E-state index contributed by atoms with van der Waals surface area (Å²) in [6.45, 7) is 0.171. The number of carboxylic acids is 1. The van der Waals surface area contributed by atoms with Crippen molar-refractivity contribution < 1.29 is 33.7 Å². The SMILES string of the molecule is COc1ccc(/C(O)=C2/C(=O)C(=O)N(CCCCCC(=O)O)C2c2cccc(F)c2)cc1. The minimum Gasteiger partial charge on any atom is -0.507 e. The van der Waals surface area contributed by atoms with Gasteiger partial charge in [-0.15, -0.1) is 0 Å². The summed E-state index contributed by atoms with van der Waals surface area (Å²) >= 11 is 0. The van der Waals surface area contributed by atoms with Crippen molar-refractivity contribution in [3.63, 3.8) is 0 Å². The fraction of sp³-hybridized carbons (Fsp3) is 0.292. The van der Waals surface area contributed by atoms with E-state index in [9.17, 15) is 23.9 Å². The molecule has 2 N–H and O–H groups in total. The monoisotopic (exact) mass is 441 g/mol. The molecule has 2 aromatic carbocycles. The number of hydrogen-bond acceptors (Lipinski definition) is 5. The second kappa shape index (κ2) is 10.1. The molecular formula is C24H24FNO6. The first kappa shape index (κ1) is 23.0. The van der Waals surface area contributed by atoms with Crippen LogP contribution in [-0.2, 0) is 14.4 Å². The number of aliphatic hydroxyl groups is 1. The quantitative estimate of drug-likeness (QED) is 0.265. The summed E-state index contributed by atoms with van der Waals surface area (Å²) < 4.78 is 19.1. The van der Waals surface area contributed by atoms with Crippen molar-refractivity contribution in [2.75, 3.05) is 13.7 Å². The minimum absolute atomic E-state index is 0.0175. The van der Waals surface area contributed by atoms with E-state index in [0.717, 1.165) is 0 Å². The molecule has 0 bridgehead atoms. The zero-order valence-electron chi connectivity index (χ0n) is 17.6. The van der Waals surface area contributed by atoms with Crippen molar-refractivity contribution in [3.05, 3.63) is 71.0 Å². The van der Waals surface area contributed by atoms with E-state index in [-0.39, 0.29) is 24.3 Å². The van der Waals surface area contributed by atoms with Gasteiger partial charge in [0.05, 0.1) is 18.7 Å². The number of ether oxygens (including phenoxy) is 1. The van der Waals surface area contributed by atoms with Crippen molar-refractivity contribution in [3.8, 4) is 5.75 Å². The standard InChI is InChI=1S/C24H24FNO6/c1-32-18-11-9-15(10-12-18)22(29)20-21(16-6-5-7-17(25)14-16)26(24(31)23(20)30)13-4-2-3-8-19(27)28/h5-7,9-12,14,21,29H,2-4,8,13H2,1H3,(H,27,28)/b22-20-. The zero-order valence-corrected chi connectivity index (χ0v) is 17.6. The first-order valence-corrected chi connectivity index (χ1v) is 10.2. The molecule has 1 saturated heterocycles. The fourth-order valence-corrected chi connectivity index (χ4v) is 3.77. The van der Waals surface area contributed by atoms with Gasteiger partial charge in [0, 0.05) is 18.5 Å². The molecule has 1 unspecified atom stereocenters. The normalized spacial score (nSPS) is 17.6.